The summed E-state index contributed by atoms with van der Waals surface area (Å²) in [4.78, 5) is 22.2. The van der Waals surface area contributed by atoms with E-state index in [1.165, 1.54) is 12.1 Å². The largest absolute Gasteiger partial charge is 0.493 e. The van der Waals surface area contributed by atoms with Crippen molar-refractivity contribution in [1.82, 2.24) is 24.0 Å². The zero-order chi connectivity index (χ0) is 22.6. The Morgan fingerprint density at radius 3 is 3.12 bits per heavy atom. The molecule has 5 rings (SSSR count). The SMILES string of the molecule is O=C(O)CC(C1=CC=CN2SNC=C12)c1c[nH]c2cc(OCCCNc3ncc[nH]3)ccc12. The topological polar surface area (TPSA) is 118 Å². The summed E-state index contributed by atoms with van der Waals surface area (Å²) in [6.45, 7) is 1.32. The molecule has 2 aliphatic heterocycles. The van der Waals surface area contributed by atoms with E-state index in [9.17, 15) is 9.90 Å². The molecule has 5 N–H and O–H groups in total. The van der Waals surface area contributed by atoms with E-state index in [1.54, 1.807) is 12.4 Å². The van der Waals surface area contributed by atoms with Crippen LogP contribution in [0.15, 0.2) is 72.6 Å². The molecule has 2 aromatic heterocycles. The number of nitrogens with one attached hydrogen (secondary N) is 4. The van der Waals surface area contributed by atoms with Gasteiger partial charge in [-0.05, 0) is 35.8 Å². The molecular weight excluding hydrogens is 440 g/mol. The van der Waals surface area contributed by atoms with Crippen molar-refractivity contribution in [2.75, 3.05) is 18.5 Å². The average molecular weight is 465 g/mol. The van der Waals surface area contributed by atoms with E-state index in [4.69, 9.17) is 4.74 Å². The molecule has 0 radical (unpaired) electrons. The van der Waals surface area contributed by atoms with Gasteiger partial charge in [0.25, 0.3) is 0 Å². The van der Waals surface area contributed by atoms with Crippen LogP contribution < -0.4 is 14.8 Å². The van der Waals surface area contributed by atoms with Crippen LogP contribution in [0.2, 0.25) is 0 Å². The number of aromatic amines is 2. The number of fused-ring (bicyclic) bond motifs is 2. The van der Waals surface area contributed by atoms with E-state index in [2.05, 4.69) is 25.0 Å². The summed E-state index contributed by atoms with van der Waals surface area (Å²) in [5, 5.41) is 13.8. The number of hydrogen-bond donors (Lipinski definition) is 5. The molecule has 10 heteroatoms. The number of anilines is 1. The van der Waals surface area contributed by atoms with Gasteiger partial charge in [0.15, 0.2) is 5.95 Å². The molecule has 2 aliphatic rings. The number of aliphatic carboxylic acids is 1. The Morgan fingerprint density at radius 2 is 2.27 bits per heavy atom. The number of carboxylic acids is 1. The van der Waals surface area contributed by atoms with Crippen molar-refractivity contribution in [1.29, 1.82) is 0 Å². The van der Waals surface area contributed by atoms with Gasteiger partial charge in [-0.3, -0.25) is 9.10 Å². The van der Waals surface area contributed by atoms with E-state index in [0.717, 1.165) is 52.4 Å². The summed E-state index contributed by atoms with van der Waals surface area (Å²) < 4.78 is 11.1. The molecule has 4 heterocycles. The maximum atomic E-state index is 11.7. The lowest BCUT2D eigenvalue weighted by Gasteiger charge is -2.26. The molecule has 0 bridgehead atoms. The summed E-state index contributed by atoms with van der Waals surface area (Å²) in [6.07, 6.45) is 14.0. The quantitative estimate of drug-likeness (QED) is 0.225. The molecule has 0 amide bonds. The lowest BCUT2D eigenvalue weighted by Crippen LogP contribution is -2.17. The van der Waals surface area contributed by atoms with Crippen molar-refractivity contribution >= 4 is 35.0 Å². The van der Waals surface area contributed by atoms with E-state index >= 15 is 0 Å². The van der Waals surface area contributed by atoms with Gasteiger partial charge in [-0.1, -0.05) is 6.08 Å². The monoisotopic (exact) mass is 464 g/mol. The second-order valence-corrected chi connectivity index (χ2v) is 8.51. The van der Waals surface area contributed by atoms with E-state index in [0.29, 0.717) is 6.61 Å². The fraction of sp³-hybridized carbons (Fsp3) is 0.217. The Labute approximate surface area is 194 Å². The molecule has 1 unspecified atom stereocenters. The number of allylic oxidation sites excluding steroid dienone is 3. The number of carboxylic acid groups (broad SMARTS) is 1. The predicted molar refractivity (Wildman–Crippen MR) is 128 cm³/mol. The highest BCUT2D eigenvalue weighted by atomic mass is 32.2. The summed E-state index contributed by atoms with van der Waals surface area (Å²) in [5.74, 6) is 0.406. The van der Waals surface area contributed by atoms with Gasteiger partial charge in [0.1, 0.15) is 5.75 Å². The molecule has 0 aliphatic carbocycles. The summed E-state index contributed by atoms with van der Waals surface area (Å²) >= 11 is 1.46. The Hall–Kier alpha value is -3.79. The van der Waals surface area contributed by atoms with Crippen LogP contribution in [0, 0.1) is 0 Å². The maximum Gasteiger partial charge on any atom is 0.304 e. The first-order chi connectivity index (χ1) is 16.2. The third kappa shape index (κ3) is 4.56. The van der Waals surface area contributed by atoms with Crippen LogP contribution in [0.1, 0.15) is 24.3 Å². The van der Waals surface area contributed by atoms with Crippen LogP contribution in [0.4, 0.5) is 5.95 Å². The minimum absolute atomic E-state index is 0.00337. The van der Waals surface area contributed by atoms with Crippen molar-refractivity contribution in [3.05, 3.63) is 78.2 Å². The smallest absolute Gasteiger partial charge is 0.304 e. The molecule has 9 nitrogen and oxygen atoms in total. The molecule has 3 aromatic rings. The Kier molecular flexibility index (Phi) is 5.99. The highest BCUT2D eigenvalue weighted by molar-refractivity contribution is 7.95. The Balaban J connectivity index is 1.30. The lowest BCUT2D eigenvalue weighted by molar-refractivity contribution is -0.137. The first-order valence-corrected chi connectivity index (χ1v) is 11.5. The number of rotatable bonds is 10. The molecule has 1 atom stereocenters. The minimum atomic E-state index is -0.835. The van der Waals surface area contributed by atoms with Crippen molar-refractivity contribution < 1.29 is 14.6 Å². The number of imidazole rings is 1. The number of hydrogen-bond acceptors (Lipinski definition) is 7. The Bertz CT molecular complexity index is 1230. The average Bonchev–Trinajstić information content (AvgIpc) is 3.57. The fourth-order valence-corrected chi connectivity index (χ4v) is 4.74. The highest BCUT2D eigenvalue weighted by Crippen LogP contribution is 2.42. The number of nitrogens with zero attached hydrogens (tertiary/aromatic N) is 2. The second kappa shape index (κ2) is 9.37. The van der Waals surface area contributed by atoms with Crippen molar-refractivity contribution in [2.24, 2.45) is 0 Å². The summed E-state index contributed by atoms with van der Waals surface area (Å²) in [7, 11) is 0. The standard InChI is InChI=1S/C23H24N6O3S/c30-22(31)12-18(17-3-1-9-29-21(17)14-28-33-29)19-13-27-20-11-15(4-5-16(19)20)32-10-2-6-24-23-25-7-8-26-23/h1,3-5,7-9,11,13-14,18,27-28H,2,6,10,12H2,(H,30,31)(H2,24,25,26). The van der Waals surface area contributed by atoms with E-state index < -0.39 is 5.97 Å². The second-order valence-electron chi connectivity index (χ2n) is 7.70. The van der Waals surface area contributed by atoms with Gasteiger partial charge in [-0.15, -0.1) is 0 Å². The summed E-state index contributed by atoms with van der Waals surface area (Å²) in [5.41, 5.74) is 3.83. The highest BCUT2D eigenvalue weighted by Gasteiger charge is 2.30. The molecular formula is C23H24N6O3S. The first-order valence-electron chi connectivity index (χ1n) is 10.7. The third-order valence-corrected chi connectivity index (χ3v) is 6.31. The van der Waals surface area contributed by atoms with Crippen molar-refractivity contribution in [2.45, 2.75) is 18.8 Å². The van der Waals surface area contributed by atoms with Crippen molar-refractivity contribution in [3.63, 3.8) is 0 Å². The number of carbonyl (C=O) groups is 1. The normalized spacial score (nSPS) is 15.6. The Morgan fingerprint density at radius 1 is 1.33 bits per heavy atom. The molecule has 0 spiro atoms. The van der Waals surface area contributed by atoms with Crippen LogP contribution in [0.3, 0.4) is 0 Å². The number of benzene rings is 1. The predicted octanol–water partition coefficient (Wildman–Crippen LogP) is 4.09. The molecule has 33 heavy (non-hydrogen) atoms. The van der Waals surface area contributed by atoms with Crippen LogP contribution in [0.5, 0.6) is 5.75 Å². The molecule has 1 aromatic carbocycles. The van der Waals surface area contributed by atoms with E-state index in [-0.39, 0.29) is 12.3 Å². The molecule has 170 valence electrons. The maximum absolute atomic E-state index is 11.7. The summed E-state index contributed by atoms with van der Waals surface area (Å²) in [6, 6.07) is 5.90. The fourth-order valence-electron chi connectivity index (χ4n) is 4.08. The molecule has 0 fully saturated rings. The van der Waals surface area contributed by atoms with Gasteiger partial charge in [0.2, 0.25) is 0 Å². The zero-order valence-corrected chi connectivity index (χ0v) is 18.6. The number of aromatic nitrogens is 3. The van der Waals surface area contributed by atoms with Gasteiger partial charge in [-0.2, -0.15) is 0 Å². The van der Waals surface area contributed by atoms with Gasteiger partial charge in [-0.25, -0.2) is 4.98 Å². The van der Waals surface area contributed by atoms with Crippen LogP contribution in [-0.2, 0) is 4.79 Å². The van der Waals surface area contributed by atoms with Gasteiger partial charge < -0.3 is 29.9 Å². The minimum Gasteiger partial charge on any atom is -0.493 e. The van der Waals surface area contributed by atoms with Crippen LogP contribution in [0.25, 0.3) is 10.9 Å². The zero-order valence-electron chi connectivity index (χ0n) is 17.7. The van der Waals surface area contributed by atoms with Crippen LogP contribution in [-0.4, -0.2) is 43.5 Å². The van der Waals surface area contributed by atoms with Gasteiger partial charge in [0, 0.05) is 60.4 Å². The van der Waals surface area contributed by atoms with Gasteiger partial charge >= 0.3 is 5.97 Å². The van der Waals surface area contributed by atoms with Gasteiger partial charge in [0.05, 0.1) is 30.9 Å². The third-order valence-electron chi connectivity index (χ3n) is 5.57. The van der Waals surface area contributed by atoms with Crippen molar-refractivity contribution in [3.8, 4) is 5.75 Å². The number of H-pyrrole nitrogens is 2. The number of ether oxygens (including phenoxy) is 1. The molecule has 0 saturated heterocycles. The van der Waals surface area contributed by atoms with E-state index in [1.807, 2.05) is 53.3 Å². The molecule has 0 saturated carbocycles. The first kappa shape index (κ1) is 21.1. The lowest BCUT2D eigenvalue weighted by atomic mass is 9.85. The van der Waals surface area contributed by atoms with Crippen LogP contribution >= 0.6 is 12.1 Å².